The third kappa shape index (κ3) is 3.44. The van der Waals surface area contributed by atoms with Crippen LogP contribution in [0.25, 0.3) is 0 Å². The first kappa shape index (κ1) is 16.0. The minimum absolute atomic E-state index is 0.172. The first-order valence-electron chi connectivity index (χ1n) is 6.25. The van der Waals surface area contributed by atoms with Crippen LogP contribution in [0, 0.1) is 0 Å². The highest BCUT2D eigenvalue weighted by atomic mass is 32.2. The molecule has 0 spiro atoms. The average Bonchev–Trinajstić information content (AvgIpc) is 2.97. The van der Waals surface area contributed by atoms with Gasteiger partial charge in [-0.3, -0.25) is 0 Å². The molecule has 0 saturated heterocycles. The number of sulfonamides is 1. The molecule has 2 aromatic rings. The van der Waals surface area contributed by atoms with E-state index in [9.17, 15) is 13.5 Å². The third-order valence-corrected chi connectivity index (χ3v) is 6.02. The zero-order valence-electron chi connectivity index (χ0n) is 11.8. The Balaban J connectivity index is 2.20. The molecular weight excluding hydrogens is 310 g/mol. The van der Waals surface area contributed by atoms with Gasteiger partial charge in [0.15, 0.2) is 0 Å². The van der Waals surface area contributed by atoms with Crippen LogP contribution < -0.4 is 4.74 Å². The molecule has 0 unspecified atom stereocenters. The van der Waals surface area contributed by atoms with Crippen molar-refractivity contribution in [3.05, 3.63) is 46.2 Å². The molecule has 1 N–H and O–H groups in total. The minimum Gasteiger partial charge on any atom is -0.497 e. The van der Waals surface area contributed by atoms with Crippen molar-refractivity contribution < 1.29 is 18.3 Å². The summed E-state index contributed by atoms with van der Waals surface area (Å²) in [6.07, 6.45) is 0. The summed E-state index contributed by atoms with van der Waals surface area (Å²) in [6, 6.07) is 8.76. The van der Waals surface area contributed by atoms with Crippen molar-refractivity contribution in [2.24, 2.45) is 0 Å². The molecule has 114 valence electrons. The van der Waals surface area contributed by atoms with E-state index in [0.717, 1.165) is 11.3 Å². The summed E-state index contributed by atoms with van der Waals surface area (Å²) in [7, 11) is -0.492. The van der Waals surface area contributed by atoms with Crippen LogP contribution in [-0.4, -0.2) is 32.0 Å². The molecular formula is C14H17NO4S2. The van der Waals surface area contributed by atoms with E-state index in [-0.39, 0.29) is 18.0 Å². The Labute approximate surface area is 128 Å². The van der Waals surface area contributed by atoms with Gasteiger partial charge in [-0.05, 0) is 29.1 Å². The molecule has 1 aromatic heterocycles. The Morgan fingerprint density at radius 1 is 1.24 bits per heavy atom. The SMILES string of the molecule is COc1ccc(CN(C)S(=O)(=O)c2ccsc2CO)cc1. The standard InChI is InChI=1S/C14H17NO4S2/c1-15(9-11-3-5-12(19-2)6-4-11)21(17,18)14-7-8-20-13(14)10-16/h3-8,16H,9-10H2,1-2H3. The normalized spacial score (nSPS) is 11.8. The molecule has 1 aromatic carbocycles. The molecule has 2 rings (SSSR count). The molecule has 0 bridgehead atoms. The molecule has 0 aliphatic rings. The van der Waals surface area contributed by atoms with Crippen molar-refractivity contribution in [2.45, 2.75) is 18.0 Å². The summed E-state index contributed by atoms with van der Waals surface area (Å²) in [5.41, 5.74) is 0.864. The fraction of sp³-hybridized carbons (Fsp3) is 0.286. The van der Waals surface area contributed by atoms with Crippen LogP contribution in [0.1, 0.15) is 10.4 Å². The Morgan fingerprint density at radius 3 is 2.48 bits per heavy atom. The lowest BCUT2D eigenvalue weighted by molar-refractivity contribution is 0.282. The number of thiophene rings is 1. The maximum atomic E-state index is 12.5. The molecule has 7 heteroatoms. The van der Waals surface area contributed by atoms with Crippen molar-refractivity contribution >= 4 is 21.4 Å². The van der Waals surface area contributed by atoms with Gasteiger partial charge in [-0.25, -0.2) is 8.42 Å². The minimum atomic E-state index is -3.60. The highest BCUT2D eigenvalue weighted by Gasteiger charge is 2.24. The summed E-state index contributed by atoms with van der Waals surface area (Å²) in [5.74, 6) is 0.727. The molecule has 0 fully saturated rings. The van der Waals surface area contributed by atoms with Crippen LogP contribution in [-0.2, 0) is 23.2 Å². The number of aliphatic hydroxyl groups is 1. The second-order valence-electron chi connectivity index (χ2n) is 4.48. The highest BCUT2D eigenvalue weighted by Crippen LogP contribution is 2.25. The number of hydrogen-bond donors (Lipinski definition) is 1. The number of nitrogens with zero attached hydrogens (tertiary/aromatic N) is 1. The Kier molecular flexibility index (Phi) is 5.00. The molecule has 0 saturated carbocycles. The van der Waals surface area contributed by atoms with Crippen LogP contribution >= 0.6 is 11.3 Å². The van der Waals surface area contributed by atoms with Crippen LogP contribution in [0.15, 0.2) is 40.6 Å². The van der Waals surface area contributed by atoms with E-state index < -0.39 is 10.0 Å². The van der Waals surface area contributed by atoms with Gasteiger partial charge in [-0.15, -0.1) is 11.3 Å². The van der Waals surface area contributed by atoms with Crippen LogP contribution in [0.3, 0.4) is 0 Å². The van der Waals surface area contributed by atoms with Gasteiger partial charge in [-0.2, -0.15) is 4.31 Å². The van der Waals surface area contributed by atoms with Gasteiger partial charge in [-0.1, -0.05) is 12.1 Å². The number of benzene rings is 1. The van der Waals surface area contributed by atoms with E-state index in [1.165, 1.54) is 28.8 Å². The van der Waals surface area contributed by atoms with E-state index in [0.29, 0.717) is 4.88 Å². The predicted octanol–water partition coefficient (Wildman–Crippen LogP) is 2.07. The van der Waals surface area contributed by atoms with Crippen LogP contribution in [0.5, 0.6) is 5.75 Å². The fourth-order valence-corrected chi connectivity index (χ4v) is 4.34. The summed E-state index contributed by atoms with van der Waals surface area (Å²) in [6.45, 7) is -0.0182. The van der Waals surface area contributed by atoms with E-state index in [1.54, 1.807) is 24.6 Å². The average molecular weight is 327 g/mol. The van der Waals surface area contributed by atoms with Crippen molar-refractivity contribution in [1.82, 2.24) is 4.31 Å². The van der Waals surface area contributed by atoms with Crippen molar-refractivity contribution in [2.75, 3.05) is 14.2 Å². The van der Waals surface area contributed by atoms with Gasteiger partial charge in [0.2, 0.25) is 10.0 Å². The summed E-state index contributed by atoms with van der Waals surface area (Å²) in [4.78, 5) is 0.627. The number of ether oxygens (including phenoxy) is 1. The lowest BCUT2D eigenvalue weighted by atomic mass is 10.2. The molecule has 0 aliphatic carbocycles. The summed E-state index contributed by atoms with van der Waals surface area (Å²) >= 11 is 1.23. The van der Waals surface area contributed by atoms with E-state index in [1.807, 2.05) is 12.1 Å². The van der Waals surface area contributed by atoms with Crippen molar-refractivity contribution in [3.63, 3.8) is 0 Å². The molecule has 0 aliphatic heterocycles. The van der Waals surface area contributed by atoms with Gasteiger partial charge in [0, 0.05) is 18.5 Å². The number of hydrogen-bond acceptors (Lipinski definition) is 5. The maximum Gasteiger partial charge on any atom is 0.244 e. The van der Waals surface area contributed by atoms with Gasteiger partial charge in [0.1, 0.15) is 5.75 Å². The van der Waals surface area contributed by atoms with Gasteiger partial charge < -0.3 is 9.84 Å². The molecule has 5 nitrogen and oxygen atoms in total. The first-order valence-corrected chi connectivity index (χ1v) is 8.57. The predicted molar refractivity (Wildman–Crippen MR) is 81.9 cm³/mol. The fourth-order valence-electron chi connectivity index (χ4n) is 1.91. The highest BCUT2D eigenvalue weighted by molar-refractivity contribution is 7.89. The third-order valence-electron chi connectivity index (χ3n) is 3.10. The Morgan fingerprint density at radius 2 is 1.90 bits per heavy atom. The zero-order valence-corrected chi connectivity index (χ0v) is 13.4. The zero-order chi connectivity index (χ0) is 15.5. The Bertz CT molecular complexity index is 692. The van der Waals surface area contributed by atoms with Crippen molar-refractivity contribution in [1.29, 1.82) is 0 Å². The van der Waals surface area contributed by atoms with E-state index >= 15 is 0 Å². The van der Waals surface area contributed by atoms with E-state index in [4.69, 9.17) is 4.74 Å². The number of methoxy groups -OCH3 is 1. The van der Waals surface area contributed by atoms with Crippen LogP contribution in [0.4, 0.5) is 0 Å². The van der Waals surface area contributed by atoms with Gasteiger partial charge in [0.25, 0.3) is 0 Å². The molecule has 21 heavy (non-hydrogen) atoms. The molecule has 0 amide bonds. The van der Waals surface area contributed by atoms with Gasteiger partial charge >= 0.3 is 0 Å². The Hall–Kier alpha value is -1.41. The first-order chi connectivity index (χ1) is 9.98. The molecule has 0 radical (unpaired) electrons. The second kappa shape index (κ2) is 6.57. The second-order valence-corrected chi connectivity index (χ2v) is 7.49. The maximum absolute atomic E-state index is 12.5. The molecule has 0 atom stereocenters. The quantitative estimate of drug-likeness (QED) is 0.882. The largest absolute Gasteiger partial charge is 0.497 e. The molecule has 1 heterocycles. The number of rotatable bonds is 6. The number of aliphatic hydroxyl groups excluding tert-OH is 1. The lowest BCUT2D eigenvalue weighted by Gasteiger charge is -2.17. The van der Waals surface area contributed by atoms with Crippen LogP contribution in [0.2, 0.25) is 0 Å². The monoisotopic (exact) mass is 327 g/mol. The van der Waals surface area contributed by atoms with Gasteiger partial charge in [0.05, 0.1) is 18.6 Å². The lowest BCUT2D eigenvalue weighted by Crippen LogP contribution is -2.26. The van der Waals surface area contributed by atoms with E-state index in [2.05, 4.69) is 0 Å². The summed E-state index contributed by atoms with van der Waals surface area (Å²) < 4.78 is 31.3. The smallest absolute Gasteiger partial charge is 0.244 e. The summed E-state index contributed by atoms with van der Waals surface area (Å²) in [5, 5.41) is 10.9. The topological polar surface area (TPSA) is 66.8 Å². The van der Waals surface area contributed by atoms with Crippen molar-refractivity contribution in [3.8, 4) is 5.75 Å².